The van der Waals surface area contributed by atoms with Gasteiger partial charge in [0.25, 0.3) is 0 Å². The monoisotopic (exact) mass is 427 g/mol. The summed E-state index contributed by atoms with van der Waals surface area (Å²) in [7, 11) is -2.94. The first kappa shape index (κ1) is 22.5. The van der Waals surface area contributed by atoms with Gasteiger partial charge in [-0.15, -0.1) is 0 Å². The van der Waals surface area contributed by atoms with Crippen LogP contribution in [0, 0.1) is 5.92 Å². The number of hydrogen-bond acceptors (Lipinski definition) is 4. The number of hydrogen-bond donors (Lipinski definition) is 1. The van der Waals surface area contributed by atoms with Crippen molar-refractivity contribution in [2.75, 3.05) is 11.5 Å². The van der Waals surface area contributed by atoms with Crippen molar-refractivity contribution in [1.29, 1.82) is 0 Å². The minimum atomic E-state index is -2.94. The first-order valence-electron chi connectivity index (χ1n) is 11.0. The lowest BCUT2D eigenvalue weighted by Gasteiger charge is -2.26. The molecule has 162 valence electrons. The van der Waals surface area contributed by atoms with Crippen molar-refractivity contribution in [3.8, 4) is 0 Å². The molecule has 3 rings (SSSR count). The Hall–Kier alpha value is -2.21. The molecule has 0 saturated heterocycles. The predicted octanol–water partition coefficient (Wildman–Crippen LogP) is 4.56. The molecular weight excluding hydrogens is 394 g/mol. The van der Waals surface area contributed by atoms with Crippen LogP contribution in [0.5, 0.6) is 0 Å². The lowest BCUT2D eigenvalue weighted by atomic mass is 9.87. The van der Waals surface area contributed by atoms with Crippen LogP contribution < -0.4 is 5.73 Å². The van der Waals surface area contributed by atoms with Gasteiger partial charge >= 0.3 is 0 Å². The van der Waals surface area contributed by atoms with Gasteiger partial charge in [0.1, 0.15) is 5.84 Å². The van der Waals surface area contributed by atoms with Crippen LogP contribution in [0.15, 0.2) is 58.5 Å². The summed E-state index contributed by atoms with van der Waals surface area (Å²) in [6.07, 6.45) is 12.0. The highest BCUT2D eigenvalue weighted by molar-refractivity contribution is 7.91. The van der Waals surface area contributed by atoms with Gasteiger partial charge in [0.05, 0.1) is 17.5 Å². The van der Waals surface area contributed by atoms with E-state index in [0.29, 0.717) is 23.2 Å². The maximum absolute atomic E-state index is 12.3. The smallest absolute Gasteiger partial charge is 0.157 e. The standard InChI is InChI=1S/C24H33N3O2S/c1-2-3-17-30(28,29)18-19-13-15-21(16-14-19)26-24-22(20-9-5-4-6-10-20)11-7-8-12-23(25)27-24/h4-6,8-12,19,21H,2-3,7,13-18H2,1H3,(H2,25,26,27)/b12-8+,22-11-. The maximum atomic E-state index is 12.3. The van der Waals surface area contributed by atoms with Crippen molar-refractivity contribution in [1.82, 2.24) is 0 Å². The van der Waals surface area contributed by atoms with Crippen molar-refractivity contribution < 1.29 is 8.42 Å². The quantitative estimate of drug-likeness (QED) is 0.692. The normalized spacial score (nSPS) is 26.9. The molecule has 1 fully saturated rings. The molecule has 30 heavy (non-hydrogen) atoms. The number of allylic oxidation sites excluding steroid dienone is 2. The van der Waals surface area contributed by atoms with Gasteiger partial charge in [-0.1, -0.05) is 55.8 Å². The summed E-state index contributed by atoms with van der Waals surface area (Å²) >= 11 is 0. The number of benzene rings is 1. The average molecular weight is 428 g/mol. The van der Waals surface area contributed by atoms with Crippen LogP contribution in [-0.2, 0) is 9.84 Å². The van der Waals surface area contributed by atoms with Gasteiger partial charge in [0, 0.05) is 5.57 Å². The number of amidine groups is 2. The molecule has 1 saturated carbocycles. The highest BCUT2D eigenvalue weighted by atomic mass is 32.2. The predicted molar refractivity (Wildman–Crippen MR) is 127 cm³/mol. The maximum Gasteiger partial charge on any atom is 0.157 e. The zero-order valence-electron chi connectivity index (χ0n) is 17.8. The third-order valence-corrected chi connectivity index (χ3v) is 7.62. The van der Waals surface area contributed by atoms with E-state index >= 15 is 0 Å². The van der Waals surface area contributed by atoms with Crippen LogP contribution in [0.2, 0.25) is 0 Å². The Labute approximate surface area is 180 Å². The number of sulfone groups is 1. The Kier molecular flexibility index (Phi) is 8.02. The van der Waals surface area contributed by atoms with Crippen molar-refractivity contribution in [2.24, 2.45) is 21.6 Å². The molecule has 0 atom stereocenters. The third-order valence-electron chi connectivity index (χ3n) is 5.73. The Balaban J connectivity index is 1.72. The molecule has 0 unspecified atom stereocenters. The molecule has 0 radical (unpaired) electrons. The molecule has 0 amide bonds. The summed E-state index contributed by atoms with van der Waals surface area (Å²) < 4.78 is 24.6. The van der Waals surface area contributed by atoms with Gasteiger partial charge in [-0.05, 0) is 56.1 Å². The second kappa shape index (κ2) is 10.7. The van der Waals surface area contributed by atoms with E-state index in [-0.39, 0.29) is 12.0 Å². The molecule has 1 heterocycles. The Morgan fingerprint density at radius 3 is 2.57 bits per heavy atom. The van der Waals surface area contributed by atoms with E-state index in [9.17, 15) is 8.42 Å². The number of nitrogens with two attached hydrogens (primary N) is 1. The largest absolute Gasteiger partial charge is 0.384 e. The Morgan fingerprint density at radius 1 is 1.13 bits per heavy atom. The summed E-state index contributed by atoms with van der Waals surface area (Å²) in [5, 5.41) is 0. The zero-order chi connectivity index (χ0) is 21.4. The first-order valence-corrected chi connectivity index (χ1v) is 12.8. The van der Waals surface area contributed by atoms with E-state index in [1.165, 1.54) is 0 Å². The van der Waals surface area contributed by atoms with E-state index in [0.717, 1.165) is 56.1 Å². The second-order valence-electron chi connectivity index (χ2n) is 8.25. The lowest BCUT2D eigenvalue weighted by molar-refractivity contribution is 0.350. The average Bonchev–Trinajstić information content (AvgIpc) is 2.72. The summed E-state index contributed by atoms with van der Waals surface area (Å²) in [4.78, 5) is 9.58. The number of rotatable bonds is 7. The van der Waals surface area contributed by atoms with Crippen LogP contribution in [0.1, 0.15) is 57.4 Å². The molecule has 2 N–H and O–H groups in total. The highest BCUT2D eigenvalue weighted by Crippen LogP contribution is 2.29. The Bertz CT molecular complexity index is 922. The summed E-state index contributed by atoms with van der Waals surface area (Å²) in [6, 6.07) is 10.3. The van der Waals surface area contributed by atoms with Gasteiger partial charge < -0.3 is 5.73 Å². The molecule has 0 bridgehead atoms. The molecule has 0 spiro atoms. The molecule has 1 aliphatic carbocycles. The van der Waals surface area contributed by atoms with Crippen LogP contribution >= 0.6 is 0 Å². The van der Waals surface area contributed by atoms with E-state index in [1.54, 1.807) is 0 Å². The first-order chi connectivity index (χ1) is 14.5. The van der Waals surface area contributed by atoms with Crippen LogP contribution in [0.4, 0.5) is 0 Å². The fraction of sp³-hybridized carbons (Fsp3) is 0.500. The van der Waals surface area contributed by atoms with Crippen molar-refractivity contribution in [3.63, 3.8) is 0 Å². The van der Waals surface area contributed by atoms with E-state index < -0.39 is 9.84 Å². The van der Waals surface area contributed by atoms with Gasteiger partial charge in [0.2, 0.25) is 0 Å². The lowest BCUT2D eigenvalue weighted by Crippen LogP contribution is -2.26. The summed E-state index contributed by atoms with van der Waals surface area (Å²) in [5.41, 5.74) is 8.15. The fourth-order valence-electron chi connectivity index (χ4n) is 4.07. The minimum Gasteiger partial charge on any atom is -0.384 e. The SMILES string of the molecule is CCCCS(=O)(=O)CC1CCC(N=C2N=C(N)/C=C/C/C=C\2c2ccccc2)CC1. The second-order valence-corrected chi connectivity index (χ2v) is 10.5. The molecule has 2 aliphatic rings. The molecule has 1 aliphatic heterocycles. The van der Waals surface area contributed by atoms with Crippen molar-refractivity contribution >= 4 is 27.1 Å². The van der Waals surface area contributed by atoms with E-state index in [4.69, 9.17) is 10.7 Å². The van der Waals surface area contributed by atoms with Gasteiger partial charge in [-0.25, -0.2) is 13.4 Å². The number of aliphatic imine (C=N–C) groups is 2. The summed E-state index contributed by atoms with van der Waals surface area (Å²) in [5.74, 6) is 2.04. The number of unbranched alkanes of at least 4 members (excludes halogenated alkanes) is 1. The van der Waals surface area contributed by atoms with Gasteiger partial charge in [-0.3, -0.25) is 4.99 Å². The van der Waals surface area contributed by atoms with E-state index in [2.05, 4.69) is 23.2 Å². The highest BCUT2D eigenvalue weighted by Gasteiger charge is 2.26. The molecule has 1 aromatic rings. The molecular formula is C24H33N3O2S. The van der Waals surface area contributed by atoms with Crippen LogP contribution in [-0.4, -0.2) is 37.6 Å². The van der Waals surface area contributed by atoms with E-state index in [1.807, 2.05) is 37.3 Å². The van der Waals surface area contributed by atoms with Crippen molar-refractivity contribution in [3.05, 3.63) is 54.1 Å². The van der Waals surface area contributed by atoms with Crippen LogP contribution in [0.3, 0.4) is 0 Å². The third kappa shape index (κ3) is 6.66. The molecule has 5 nitrogen and oxygen atoms in total. The number of nitrogens with zero attached hydrogens (tertiary/aromatic N) is 2. The van der Waals surface area contributed by atoms with Crippen LogP contribution in [0.25, 0.3) is 5.57 Å². The van der Waals surface area contributed by atoms with Gasteiger partial charge in [0.15, 0.2) is 15.7 Å². The summed E-state index contributed by atoms with van der Waals surface area (Å²) in [6.45, 7) is 2.03. The molecule has 6 heteroatoms. The zero-order valence-corrected chi connectivity index (χ0v) is 18.7. The Morgan fingerprint density at radius 2 is 1.87 bits per heavy atom. The fourth-order valence-corrected chi connectivity index (χ4v) is 6.02. The minimum absolute atomic E-state index is 0.154. The van der Waals surface area contributed by atoms with Crippen molar-refractivity contribution in [2.45, 2.75) is 57.9 Å². The van der Waals surface area contributed by atoms with Gasteiger partial charge in [-0.2, -0.15) is 0 Å². The topological polar surface area (TPSA) is 84.9 Å². The molecule has 1 aromatic carbocycles. The molecule has 0 aromatic heterocycles.